The Morgan fingerprint density at radius 1 is 1.16 bits per heavy atom. The normalized spacial score (nSPS) is 18.5. The van der Waals surface area contributed by atoms with Gasteiger partial charge in [0.05, 0.1) is 54.2 Å². The first kappa shape index (κ1) is 33.4. The molecule has 0 spiro atoms. The number of aliphatic hydroxyl groups is 1. The zero-order chi connectivity index (χ0) is 32.1. The highest BCUT2D eigenvalue weighted by Crippen LogP contribution is 2.32. The Bertz CT molecular complexity index is 1620. The molecule has 14 heteroatoms. The van der Waals surface area contributed by atoms with Crippen molar-refractivity contribution >= 4 is 32.1 Å². The molecule has 0 aliphatic carbocycles. The van der Waals surface area contributed by atoms with Crippen molar-refractivity contribution in [3.8, 4) is 17.6 Å². The molecule has 2 aromatic carbocycles. The summed E-state index contributed by atoms with van der Waals surface area (Å²) in [5.41, 5.74) is 1.40. The zero-order valence-electron chi connectivity index (χ0n) is 24.6. The summed E-state index contributed by atoms with van der Waals surface area (Å²) in [5, 5.41) is 16.7. The molecule has 0 amide bonds. The summed E-state index contributed by atoms with van der Waals surface area (Å²) in [4.78, 5) is 1.90. The molecule has 1 aromatic heterocycles. The molecule has 44 heavy (non-hydrogen) atoms. The minimum atomic E-state index is -4.51. The highest BCUT2D eigenvalue weighted by atomic mass is 32.2. The summed E-state index contributed by atoms with van der Waals surface area (Å²) in [6.45, 7) is -0.141. The van der Waals surface area contributed by atoms with E-state index < -0.39 is 40.9 Å². The van der Waals surface area contributed by atoms with Gasteiger partial charge in [0.15, 0.2) is 9.84 Å². The van der Waals surface area contributed by atoms with Crippen LogP contribution in [0.2, 0.25) is 0 Å². The Balaban J connectivity index is 1.54. The van der Waals surface area contributed by atoms with Crippen molar-refractivity contribution in [1.82, 2.24) is 9.47 Å². The van der Waals surface area contributed by atoms with Crippen LogP contribution in [0.5, 0.6) is 5.75 Å². The number of aromatic nitrogens is 1. The van der Waals surface area contributed by atoms with Crippen molar-refractivity contribution in [2.45, 2.75) is 42.4 Å². The van der Waals surface area contributed by atoms with E-state index >= 15 is 4.39 Å². The molecule has 1 unspecified atom stereocenters. The average molecular weight is 641 g/mol. The lowest BCUT2D eigenvalue weighted by atomic mass is 10.0. The highest BCUT2D eigenvalue weighted by molar-refractivity contribution is 7.90. The molecular formula is C30H36F4N4O5S. The number of piperidine rings is 1. The number of hydrogen-bond donors (Lipinski definition) is 3. The maximum Gasteiger partial charge on any atom is 0.406 e. The summed E-state index contributed by atoms with van der Waals surface area (Å²) in [5.74, 6) is 5.92. The summed E-state index contributed by atoms with van der Waals surface area (Å²) in [7, 11) is -0.571. The number of alkyl halides is 4. The number of ether oxygens (including phenoxy) is 2. The Labute approximate surface area is 254 Å². The molecule has 1 aliphatic rings. The van der Waals surface area contributed by atoms with Crippen LogP contribution >= 0.6 is 0 Å². The molecule has 1 saturated heterocycles. The molecule has 3 aromatic rings. The van der Waals surface area contributed by atoms with Crippen LogP contribution in [0.3, 0.4) is 0 Å². The lowest BCUT2D eigenvalue weighted by Crippen LogP contribution is -2.50. The maximum absolute atomic E-state index is 15.2. The van der Waals surface area contributed by atoms with Crippen molar-refractivity contribution in [3.63, 3.8) is 0 Å². The van der Waals surface area contributed by atoms with Crippen molar-refractivity contribution in [2.24, 2.45) is 0 Å². The van der Waals surface area contributed by atoms with E-state index in [2.05, 4.69) is 22.5 Å². The van der Waals surface area contributed by atoms with Gasteiger partial charge in [-0.25, -0.2) is 12.8 Å². The number of benzene rings is 2. The van der Waals surface area contributed by atoms with Crippen LogP contribution in [0, 0.1) is 11.8 Å². The first-order valence-electron chi connectivity index (χ1n) is 13.9. The van der Waals surface area contributed by atoms with Crippen molar-refractivity contribution in [2.75, 3.05) is 63.9 Å². The van der Waals surface area contributed by atoms with Gasteiger partial charge in [-0.15, -0.1) is 0 Å². The number of halogens is 4. The second kappa shape index (κ2) is 14.1. The number of hydrogen-bond acceptors (Lipinski definition) is 8. The van der Waals surface area contributed by atoms with E-state index in [0.717, 1.165) is 10.8 Å². The van der Waals surface area contributed by atoms with Crippen LogP contribution < -0.4 is 15.4 Å². The standard InChI is InChI=1S/C30H36F4N4O5S/c1-42-18-21(39)16-37-13-11-26(24(31)17-37)36-25-7-4-8-28-23(25)14-20(38(28)19-30(32,33)34)6-5-12-35-27-10-9-22(44(3,40)41)15-29(27)43-2/h4,7-10,14-15,21,24,26,35-36,39H,11-13,16-19H2,1-3H3/t21?,24-,26-/m0/s1. The van der Waals surface area contributed by atoms with Crippen LogP contribution in [0.25, 0.3) is 10.9 Å². The second-order valence-electron chi connectivity index (χ2n) is 10.7. The monoisotopic (exact) mass is 640 g/mol. The van der Waals surface area contributed by atoms with E-state index in [1.54, 1.807) is 24.3 Å². The molecule has 3 N–H and O–H groups in total. The van der Waals surface area contributed by atoms with Gasteiger partial charge in [0.1, 0.15) is 18.5 Å². The molecule has 240 valence electrons. The Hall–Kier alpha value is -3.51. The Morgan fingerprint density at radius 2 is 1.93 bits per heavy atom. The van der Waals surface area contributed by atoms with E-state index in [0.29, 0.717) is 35.2 Å². The summed E-state index contributed by atoms with van der Waals surface area (Å²) < 4.78 is 90.9. The molecule has 1 aliphatic heterocycles. The largest absolute Gasteiger partial charge is 0.495 e. The fourth-order valence-corrected chi connectivity index (χ4v) is 5.86. The predicted octanol–water partition coefficient (Wildman–Crippen LogP) is 3.91. The summed E-state index contributed by atoms with van der Waals surface area (Å²) in [6, 6.07) is 10.2. The number of likely N-dealkylation sites (tertiary alicyclic amines) is 1. The second-order valence-corrected chi connectivity index (χ2v) is 12.7. The van der Waals surface area contributed by atoms with E-state index in [1.165, 1.54) is 32.4 Å². The minimum Gasteiger partial charge on any atom is -0.495 e. The smallest absolute Gasteiger partial charge is 0.406 e. The van der Waals surface area contributed by atoms with Crippen LogP contribution in [-0.2, 0) is 21.1 Å². The number of β-amino-alcohol motifs (C(OH)–C–C–N with tert-alkyl or cyclic N) is 1. The molecule has 0 saturated carbocycles. The Kier molecular flexibility index (Phi) is 10.7. The average Bonchev–Trinajstić information content (AvgIpc) is 3.28. The van der Waals surface area contributed by atoms with Gasteiger partial charge in [0, 0.05) is 50.1 Å². The number of anilines is 2. The number of aliphatic hydroxyl groups excluding tert-OH is 1. The third-order valence-corrected chi connectivity index (χ3v) is 8.37. The van der Waals surface area contributed by atoms with Crippen molar-refractivity contribution in [1.29, 1.82) is 0 Å². The van der Waals surface area contributed by atoms with Gasteiger partial charge in [-0.2, -0.15) is 13.2 Å². The van der Waals surface area contributed by atoms with E-state index in [4.69, 9.17) is 9.47 Å². The third kappa shape index (κ3) is 8.56. The zero-order valence-corrected chi connectivity index (χ0v) is 25.4. The lowest BCUT2D eigenvalue weighted by Gasteiger charge is -2.36. The molecule has 4 rings (SSSR count). The van der Waals surface area contributed by atoms with Gasteiger partial charge in [0.2, 0.25) is 0 Å². The number of fused-ring (bicyclic) bond motifs is 1. The fraction of sp³-hybridized carbons (Fsp3) is 0.467. The Morgan fingerprint density at radius 3 is 2.59 bits per heavy atom. The van der Waals surface area contributed by atoms with Gasteiger partial charge < -0.3 is 29.8 Å². The van der Waals surface area contributed by atoms with Gasteiger partial charge in [-0.3, -0.25) is 4.90 Å². The first-order chi connectivity index (χ1) is 20.8. The van der Waals surface area contributed by atoms with Crippen LogP contribution in [0.1, 0.15) is 12.1 Å². The fourth-order valence-electron chi connectivity index (χ4n) is 5.22. The highest BCUT2D eigenvalue weighted by Gasteiger charge is 2.32. The predicted molar refractivity (Wildman–Crippen MR) is 161 cm³/mol. The third-order valence-electron chi connectivity index (χ3n) is 7.26. The quantitative estimate of drug-likeness (QED) is 0.214. The van der Waals surface area contributed by atoms with Gasteiger partial charge in [-0.1, -0.05) is 12.0 Å². The van der Waals surface area contributed by atoms with Crippen molar-refractivity contribution < 1.29 is 40.6 Å². The van der Waals surface area contributed by atoms with Gasteiger partial charge >= 0.3 is 6.18 Å². The molecular weight excluding hydrogens is 604 g/mol. The van der Waals surface area contributed by atoms with Crippen LogP contribution in [-0.4, -0.2) is 101 Å². The summed E-state index contributed by atoms with van der Waals surface area (Å²) >= 11 is 0. The number of nitrogens with one attached hydrogen (secondary N) is 2. The molecule has 0 bridgehead atoms. The number of methoxy groups -OCH3 is 2. The maximum atomic E-state index is 15.2. The first-order valence-corrected chi connectivity index (χ1v) is 15.8. The molecule has 2 heterocycles. The number of sulfone groups is 1. The van der Waals surface area contributed by atoms with E-state index in [9.17, 15) is 26.7 Å². The lowest BCUT2D eigenvalue weighted by molar-refractivity contribution is -0.140. The van der Waals surface area contributed by atoms with Gasteiger partial charge in [0.25, 0.3) is 0 Å². The molecule has 0 radical (unpaired) electrons. The van der Waals surface area contributed by atoms with Crippen LogP contribution in [0.4, 0.5) is 28.9 Å². The van der Waals surface area contributed by atoms with E-state index in [-0.39, 0.29) is 42.6 Å². The molecule has 3 atom stereocenters. The SMILES string of the molecule is COCC(O)CN1CC[C@H](Nc2cccc3c2cc(C#CCNc2ccc(S(C)(=O)=O)cc2OC)n3CC(F)(F)F)[C@@H](F)C1. The van der Waals surface area contributed by atoms with Crippen molar-refractivity contribution in [3.05, 3.63) is 48.2 Å². The topological polar surface area (TPSA) is 105 Å². The molecule has 9 nitrogen and oxygen atoms in total. The van der Waals surface area contributed by atoms with Gasteiger partial charge in [-0.05, 0) is 42.7 Å². The van der Waals surface area contributed by atoms with E-state index in [1.807, 2.05) is 4.90 Å². The minimum absolute atomic E-state index is 0.0361. The number of rotatable bonds is 11. The van der Waals surface area contributed by atoms with Crippen LogP contribution in [0.15, 0.2) is 47.4 Å². The molecule has 1 fully saturated rings. The number of nitrogens with zero attached hydrogens (tertiary/aromatic N) is 2. The summed E-state index contributed by atoms with van der Waals surface area (Å²) in [6.07, 6.45) is -4.98.